The molecule has 0 atom stereocenters. The van der Waals surface area contributed by atoms with Crippen LogP contribution >= 0.6 is 0 Å². The summed E-state index contributed by atoms with van der Waals surface area (Å²) in [5, 5.41) is 10.8. The second kappa shape index (κ2) is 7.55. The van der Waals surface area contributed by atoms with E-state index in [4.69, 9.17) is 14.6 Å². The van der Waals surface area contributed by atoms with E-state index in [1.807, 2.05) is 12.1 Å². The number of hydrogen-bond acceptors (Lipinski definition) is 4. The minimum atomic E-state index is -0.833. The predicted octanol–water partition coefficient (Wildman–Crippen LogP) is 1.20. The number of hydrogen-bond donors (Lipinski definition) is 2. The van der Waals surface area contributed by atoms with Crippen LogP contribution in [0.2, 0.25) is 0 Å². The first-order valence-corrected chi connectivity index (χ1v) is 5.92. The summed E-state index contributed by atoms with van der Waals surface area (Å²) < 4.78 is 5.13. The Kier molecular flexibility index (Phi) is 6.00. The average molecular weight is 252 g/mol. The Balaban J connectivity index is 0.000000357. The summed E-state index contributed by atoms with van der Waals surface area (Å²) in [6.07, 6.45) is 0. The molecule has 0 amide bonds. The van der Waals surface area contributed by atoms with Gasteiger partial charge < -0.3 is 20.1 Å². The van der Waals surface area contributed by atoms with Crippen molar-refractivity contribution < 1.29 is 14.6 Å². The number of carboxylic acids is 1. The van der Waals surface area contributed by atoms with Crippen molar-refractivity contribution >= 4 is 11.7 Å². The average Bonchev–Trinajstić information content (AvgIpc) is 2.39. The highest BCUT2D eigenvalue weighted by Gasteiger charge is 2.09. The smallest absolute Gasteiger partial charge is 0.300 e. The molecule has 1 aromatic carbocycles. The molecule has 0 aliphatic carbocycles. The van der Waals surface area contributed by atoms with Crippen LogP contribution in [-0.4, -0.2) is 44.4 Å². The molecule has 1 aromatic rings. The number of benzene rings is 1. The summed E-state index contributed by atoms with van der Waals surface area (Å²) in [6.45, 7) is 5.41. The first-order chi connectivity index (χ1) is 8.63. The van der Waals surface area contributed by atoms with Gasteiger partial charge in [-0.2, -0.15) is 0 Å². The van der Waals surface area contributed by atoms with Gasteiger partial charge in [-0.05, 0) is 24.3 Å². The maximum absolute atomic E-state index is 9.00. The first kappa shape index (κ1) is 14.3. The Morgan fingerprint density at radius 1 is 1.28 bits per heavy atom. The van der Waals surface area contributed by atoms with Gasteiger partial charge in [0.1, 0.15) is 5.75 Å². The molecular formula is C13H20N2O3. The third kappa shape index (κ3) is 5.05. The van der Waals surface area contributed by atoms with E-state index >= 15 is 0 Å². The molecule has 0 radical (unpaired) electrons. The van der Waals surface area contributed by atoms with Gasteiger partial charge in [-0.15, -0.1) is 0 Å². The van der Waals surface area contributed by atoms with Crippen LogP contribution in [-0.2, 0) is 4.79 Å². The molecule has 0 unspecified atom stereocenters. The van der Waals surface area contributed by atoms with Gasteiger partial charge in [-0.3, -0.25) is 4.79 Å². The second-order valence-corrected chi connectivity index (χ2v) is 3.95. The Morgan fingerprint density at radius 3 is 2.22 bits per heavy atom. The molecule has 100 valence electrons. The van der Waals surface area contributed by atoms with Gasteiger partial charge >= 0.3 is 0 Å². The van der Waals surface area contributed by atoms with Crippen LogP contribution in [0.3, 0.4) is 0 Å². The number of carboxylic acid groups (broad SMARTS) is 1. The zero-order valence-electron chi connectivity index (χ0n) is 10.8. The fraction of sp³-hybridized carbons (Fsp3) is 0.462. The zero-order valence-corrected chi connectivity index (χ0v) is 10.8. The van der Waals surface area contributed by atoms with Gasteiger partial charge in [-0.25, -0.2) is 0 Å². The minimum absolute atomic E-state index is 0.833. The lowest BCUT2D eigenvalue weighted by Gasteiger charge is -2.29. The third-order valence-electron chi connectivity index (χ3n) is 2.55. The normalized spacial score (nSPS) is 14.4. The monoisotopic (exact) mass is 252 g/mol. The molecule has 0 aromatic heterocycles. The number of ether oxygens (including phenoxy) is 1. The Bertz CT molecular complexity index is 355. The van der Waals surface area contributed by atoms with E-state index in [-0.39, 0.29) is 0 Å². The number of nitrogens with one attached hydrogen (secondary N) is 1. The van der Waals surface area contributed by atoms with Crippen LogP contribution < -0.4 is 15.0 Å². The summed E-state index contributed by atoms with van der Waals surface area (Å²) in [7, 11) is 1.69. The summed E-state index contributed by atoms with van der Waals surface area (Å²) in [6, 6.07) is 8.25. The maximum Gasteiger partial charge on any atom is 0.300 e. The Hall–Kier alpha value is -1.75. The molecule has 1 heterocycles. The van der Waals surface area contributed by atoms with Gasteiger partial charge in [0.15, 0.2) is 0 Å². The highest BCUT2D eigenvalue weighted by Crippen LogP contribution is 2.19. The molecule has 0 bridgehead atoms. The van der Waals surface area contributed by atoms with E-state index in [0.29, 0.717) is 0 Å². The molecule has 1 aliphatic rings. The van der Waals surface area contributed by atoms with Crippen LogP contribution in [0, 0.1) is 0 Å². The molecule has 5 nitrogen and oxygen atoms in total. The lowest BCUT2D eigenvalue weighted by molar-refractivity contribution is -0.134. The van der Waals surface area contributed by atoms with E-state index in [9.17, 15) is 0 Å². The largest absolute Gasteiger partial charge is 0.497 e. The summed E-state index contributed by atoms with van der Waals surface area (Å²) in [5.74, 6) is 0.0869. The molecule has 1 aliphatic heterocycles. The van der Waals surface area contributed by atoms with Gasteiger partial charge in [0, 0.05) is 38.8 Å². The van der Waals surface area contributed by atoms with E-state index in [2.05, 4.69) is 22.3 Å². The van der Waals surface area contributed by atoms with Crippen molar-refractivity contribution in [2.24, 2.45) is 0 Å². The summed E-state index contributed by atoms with van der Waals surface area (Å²) in [4.78, 5) is 11.4. The fourth-order valence-electron chi connectivity index (χ4n) is 1.72. The second-order valence-electron chi connectivity index (χ2n) is 3.95. The van der Waals surface area contributed by atoms with Crippen molar-refractivity contribution in [3.8, 4) is 5.75 Å². The van der Waals surface area contributed by atoms with E-state index in [0.717, 1.165) is 38.9 Å². The zero-order chi connectivity index (χ0) is 13.4. The molecule has 2 rings (SSSR count). The molecule has 0 spiro atoms. The van der Waals surface area contributed by atoms with Gasteiger partial charge in [0.05, 0.1) is 7.11 Å². The van der Waals surface area contributed by atoms with Crippen LogP contribution in [0.15, 0.2) is 24.3 Å². The van der Waals surface area contributed by atoms with Crippen LogP contribution in [0.25, 0.3) is 0 Å². The SMILES string of the molecule is CC(=O)O.COc1ccc(N2CCNCC2)cc1. The van der Waals surface area contributed by atoms with Gasteiger partial charge in [0.2, 0.25) is 0 Å². The first-order valence-electron chi connectivity index (χ1n) is 5.92. The number of rotatable bonds is 2. The van der Waals surface area contributed by atoms with Crippen LogP contribution in [0.5, 0.6) is 5.75 Å². The number of carbonyl (C=O) groups is 1. The molecule has 1 saturated heterocycles. The van der Waals surface area contributed by atoms with Crippen molar-refractivity contribution in [2.45, 2.75) is 6.92 Å². The molecule has 5 heteroatoms. The summed E-state index contributed by atoms with van der Waals surface area (Å²) in [5.41, 5.74) is 1.28. The predicted molar refractivity (Wildman–Crippen MR) is 71.4 cm³/mol. The standard InChI is InChI=1S/C11H16N2O.C2H4O2/c1-14-11-4-2-10(3-5-11)13-8-6-12-7-9-13;1-2(3)4/h2-5,12H,6-9H2,1H3;1H3,(H,3,4). The van der Waals surface area contributed by atoms with E-state index in [1.165, 1.54) is 5.69 Å². The fourth-order valence-corrected chi connectivity index (χ4v) is 1.72. The molecule has 1 fully saturated rings. The quantitative estimate of drug-likeness (QED) is 0.828. The highest BCUT2D eigenvalue weighted by molar-refractivity contribution is 5.62. The maximum atomic E-state index is 9.00. The van der Waals surface area contributed by atoms with Crippen molar-refractivity contribution in [1.82, 2.24) is 5.32 Å². The van der Waals surface area contributed by atoms with Crippen molar-refractivity contribution in [3.05, 3.63) is 24.3 Å². The molecular weight excluding hydrogens is 232 g/mol. The van der Waals surface area contributed by atoms with Crippen molar-refractivity contribution in [1.29, 1.82) is 0 Å². The molecule has 0 saturated carbocycles. The number of methoxy groups -OCH3 is 1. The van der Waals surface area contributed by atoms with Crippen LogP contribution in [0.4, 0.5) is 5.69 Å². The highest BCUT2D eigenvalue weighted by atomic mass is 16.5. The van der Waals surface area contributed by atoms with E-state index in [1.54, 1.807) is 7.11 Å². The van der Waals surface area contributed by atoms with Crippen LogP contribution in [0.1, 0.15) is 6.92 Å². The van der Waals surface area contributed by atoms with Gasteiger partial charge in [-0.1, -0.05) is 0 Å². The number of aliphatic carboxylic acids is 1. The lowest BCUT2D eigenvalue weighted by Crippen LogP contribution is -2.43. The number of nitrogens with zero attached hydrogens (tertiary/aromatic N) is 1. The van der Waals surface area contributed by atoms with Crippen molar-refractivity contribution in [3.63, 3.8) is 0 Å². The molecule has 2 N–H and O–H groups in total. The number of piperazine rings is 1. The lowest BCUT2D eigenvalue weighted by atomic mass is 10.2. The van der Waals surface area contributed by atoms with Gasteiger partial charge in [0.25, 0.3) is 5.97 Å². The van der Waals surface area contributed by atoms with E-state index < -0.39 is 5.97 Å². The summed E-state index contributed by atoms with van der Waals surface area (Å²) >= 11 is 0. The third-order valence-corrected chi connectivity index (χ3v) is 2.55. The Morgan fingerprint density at radius 2 is 1.78 bits per heavy atom. The number of anilines is 1. The minimum Gasteiger partial charge on any atom is -0.497 e. The Labute approximate surface area is 107 Å². The topological polar surface area (TPSA) is 61.8 Å². The van der Waals surface area contributed by atoms with Crippen molar-refractivity contribution in [2.75, 3.05) is 38.2 Å². The molecule has 18 heavy (non-hydrogen) atoms.